The molecule has 3 N–H and O–H groups in total. The molecule has 0 aliphatic heterocycles. The summed E-state index contributed by atoms with van der Waals surface area (Å²) in [6.07, 6.45) is 3.12. The van der Waals surface area contributed by atoms with Crippen molar-refractivity contribution in [2.45, 2.75) is 46.5 Å². The van der Waals surface area contributed by atoms with Gasteiger partial charge in [0.15, 0.2) is 0 Å². The van der Waals surface area contributed by atoms with E-state index in [0.29, 0.717) is 16.5 Å². The molecule has 26 heavy (non-hydrogen) atoms. The molecule has 0 spiro atoms. The van der Waals surface area contributed by atoms with Crippen LogP contribution in [0.1, 0.15) is 53.6 Å². The number of benzene rings is 1. The minimum Gasteiger partial charge on any atom is -0.365 e. The number of nitrogens with two attached hydrogens (primary N) is 1. The topological polar surface area (TPSA) is 72.2 Å². The Kier molecular flexibility index (Phi) is 5.19. The van der Waals surface area contributed by atoms with E-state index in [2.05, 4.69) is 26.1 Å². The molecule has 0 unspecified atom stereocenters. The van der Waals surface area contributed by atoms with Gasteiger partial charge in [0.25, 0.3) is 5.91 Å². The summed E-state index contributed by atoms with van der Waals surface area (Å²) in [5.41, 5.74) is 8.37. The Balaban J connectivity index is 1.83. The van der Waals surface area contributed by atoms with Crippen LogP contribution >= 0.6 is 11.3 Å². The summed E-state index contributed by atoms with van der Waals surface area (Å²) >= 11 is 1.52. The van der Waals surface area contributed by atoms with Gasteiger partial charge in [-0.25, -0.2) is 0 Å². The zero-order valence-corrected chi connectivity index (χ0v) is 16.4. The monoisotopic (exact) mass is 370 g/mol. The molecular formula is C21H26N2O2S. The number of rotatable bonds is 4. The Morgan fingerprint density at radius 1 is 1.23 bits per heavy atom. The zero-order valence-electron chi connectivity index (χ0n) is 15.6. The summed E-state index contributed by atoms with van der Waals surface area (Å²) in [4.78, 5) is 25.7. The fraction of sp³-hybridized carbons (Fsp3) is 0.429. The van der Waals surface area contributed by atoms with Crippen molar-refractivity contribution in [2.24, 2.45) is 17.1 Å². The molecule has 1 aliphatic rings. The Morgan fingerprint density at radius 3 is 2.54 bits per heavy atom. The highest BCUT2D eigenvalue weighted by Crippen LogP contribution is 2.44. The summed E-state index contributed by atoms with van der Waals surface area (Å²) in [7, 11) is 0. The number of fused-ring (bicyclic) bond motifs is 1. The number of amides is 2. The van der Waals surface area contributed by atoms with Crippen molar-refractivity contribution < 1.29 is 9.59 Å². The zero-order chi connectivity index (χ0) is 18.9. The number of anilines is 1. The van der Waals surface area contributed by atoms with Crippen LogP contribution in [0.4, 0.5) is 5.00 Å². The fourth-order valence-electron chi connectivity index (χ4n) is 3.63. The number of nitrogens with one attached hydrogen (secondary N) is 1. The molecule has 1 heterocycles. The molecule has 3 rings (SSSR count). The lowest BCUT2D eigenvalue weighted by molar-refractivity contribution is -0.115. The first-order valence-electron chi connectivity index (χ1n) is 9.04. The van der Waals surface area contributed by atoms with E-state index in [1.807, 2.05) is 30.3 Å². The number of hydrogen-bond acceptors (Lipinski definition) is 3. The maximum Gasteiger partial charge on any atom is 0.251 e. The van der Waals surface area contributed by atoms with E-state index >= 15 is 0 Å². The summed E-state index contributed by atoms with van der Waals surface area (Å²) < 4.78 is 0. The first kappa shape index (κ1) is 18.6. The van der Waals surface area contributed by atoms with Crippen LogP contribution in [0.3, 0.4) is 0 Å². The first-order chi connectivity index (χ1) is 12.3. The lowest BCUT2D eigenvalue weighted by Crippen LogP contribution is -2.27. The molecule has 1 aromatic carbocycles. The van der Waals surface area contributed by atoms with Crippen molar-refractivity contribution in [1.82, 2.24) is 0 Å². The van der Waals surface area contributed by atoms with E-state index in [1.54, 1.807) is 0 Å². The van der Waals surface area contributed by atoms with E-state index < -0.39 is 5.91 Å². The van der Waals surface area contributed by atoms with Crippen molar-refractivity contribution in [3.05, 3.63) is 51.9 Å². The van der Waals surface area contributed by atoms with E-state index in [-0.39, 0.29) is 17.7 Å². The Bertz CT molecular complexity index is 819. The van der Waals surface area contributed by atoms with Crippen molar-refractivity contribution in [1.29, 1.82) is 0 Å². The van der Waals surface area contributed by atoms with Gasteiger partial charge >= 0.3 is 0 Å². The second-order valence-corrected chi connectivity index (χ2v) is 9.19. The van der Waals surface area contributed by atoms with E-state index in [1.165, 1.54) is 16.2 Å². The van der Waals surface area contributed by atoms with Crippen molar-refractivity contribution in [2.75, 3.05) is 5.32 Å². The van der Waals surface area contributed by atoms with E-state index in [9.17, 15) is 9.59 Å². The first-order valence-corrected chi connectivity index (χ1v) is 9.85. The second-order valence-electron chi connectivity index (χ2n) is 8.09. The predicted molar refractivity (Wildman–Crippen MR) is 107 cm³/mol. The van der Waals surface area contributed by atoms with Crippen LogP contribution in [0.2, 0.25) is 0 Å². The molecular weight excluding hydrogens is 344 g/mol. The normalized spacial score (nSPS) is 16.8. The van der Waals surface area contributed by atoms with E-state index in [4.69, 9.17) is 5.73 Å². The highest BCUT2D eigenvalue weighted by molar-refractivity contribution is 7.17. The van der Waals surface area contributed by atoms with Gasteiger partial charge in [-0.1, -0.05) is 51.1 Å². The third-order valence-electron chi connectivity index (χ3n) is 5.20. The van der Waals surface area contributed by atoms with Gasteiger partial charge in [-0.3, -0.25) is 9.59 Å². The third kappa shape index (κ3) is 3.98. The fourth-order valence-corrected chi connectivity index (χ4v) is 4.97. The van der Waals surface area contributed by atoms with Gasteiger partial charge in [-0.15, -0.1) is 11.3 Å². The lowest BCUT2D eigenvalue weighted by atomic mass is 9.72. The van der Waals surface area contributed by atoms with Gasteiger partial charge in [0.2, 0.25) is 5.91 Å². The third-order valence-corrected chi connectivity index (χ3v) is 6.37. The highest BCUT2D eigenvalue weighted by Gasteiger charge is 2.33. The molecule has 0 bridgehead atoms. The molecule has 138 valence electrons. The highest BCUT2D eigenvalue weighted by atomic mass is 32.1. The van der Waals surface area contributed by atoms with Crippen LogP contribution in [0.5, 0.6) is 0 Å². The molecule has 0 saturated heterocycles. The second kappa shape index (κ2) is 7.23. The molecule has 1 aromatic heterocycles. The Morgan fingerprint density at radius 2 is 1.92 bits per heavy atom. The van der Waals surface area contributed by atoms with Crippen LogP contribution in [-0.4, -0.2) is 11.8 Å². The van der Waals surface area contributed by atoms with Crippen LogP contribution in [-0.2, 0) is 24.1 Å². The maximum atomic E-state index is 12.4. The van der Waals surface area contributed by atoms with Crippen molar-refractivity contribution in [3.8, 4) is 0 Å². The summed E-state index contributed by atoms with van der Waals surface area (Å²) in [5.74, 6) is -0.00126. The van der Waals surface area contributed by atoms with Gasteiger partial charge in [-0.05, 0) is 41.7 Å². The Labute approximate surface area is 158 Å². The van der Waals surface area contributed by atoms with Gasteiger partial charge in [0.05, 0.1) is 12.0 Å². The minimum absolute atomic E-state index is 0.121. The number of thiophene rings is 1. The van der Waals surface area contributed by atoms with Gasteiger partial charge in [-0.2, -0.15) is 0 Å². The quantitative estimate of drug-likeness (QED) is 0.847. The number of primary amides is 1. The molecule has 1 aliphatic carbocycles. The molecule has 0 fully saturated rings. The van der Waals surface area contributed by atoms with Gasteiger partial charge in [0.1, 0.15) is 5.00 Å². The van der Waals surface area contributed by atoms with Crippen LogP contribution in [0.25, 0.3) is 0 Å². The number of carbonyl (C=O) groups is 2. The van der Waals surface area contributed by atoms with Gasteiger partial charge < -0.3 is 11.1 Å². The average Bonchev–Trinajstić information content (AvgIpc) is 2.91. The maximum absolute atomic E-state index is 12.4. The van der Waals surface area contributed by atoms with Crippen molar-refractivity contribution >= 4 is 28.2 Å². The van der Waals surface area contributed by atoms with Crippen LogP contribution < -0.4 is 11.1 Å². The minimum atomic E-state index is -0.452. The van der Waals surface area contributed by atoms with Crippen molar-refractivity contribution in [3.63, 3.8) is 0 Å². The number of hydrogen-bond donors (Lipinski definition) is 2. The smallest absolute Gasteiger partial charge is 0.251 e. The standard InChI is InChI=1S/C21H26N2O2S/c1-21(2,3)14-9-10-15-16(12-14)26-20(18(15)19(22)25)23-17(24)11-13-7-5-4-6-8-13/h4-8,14H,9-12H2,1-3H3,(H2,22,25)(H,23,24)/t14-/m1/s1. The molecule has 0 saturated carbocycles. The molecule has 0 radical (unpaired) electrons. The number of carbonyl (C=O) groups excluding carboxylic acids is 2. The van der Waals surface area contributed by atoms with E-state index in [0.717, 1.165) is 30.4 Å². The predicted octanol–water partition coefficient (Wildman–Crippen LogP) is 4.18. The molecule has 2 amide bonds. The molecule has 2 aromatic rings. The SMILES string of the molecule is CC(C)(C)[C@@H]1CCc2c(sc(NC(=O)Cc3ccccc3)c2C(N)=O)C1. The summed E-state index contributed by atoms with van der Waals surface area (Å²) in [6, 6.07) is 9.58. The average molecular weight is 371 g/mol. The summed E-state index contributed by atoms with van der Waals surface area (Å²) in [5, 5.41) is 3.54. The summed E-state index contributed by atoms with van der Waals surface area (Å²) in [6.45, 7) is 6.77. The van der Waals surface area contributed by atoms with Crippen LogP contribution in [0, 0.1) is 11.3 Å². The largest absolute Gasteiger partial charge is 0.365 e. The van der Waals surface area contributed by atoms with Gasteiger partial charge in [0, 0.05) is 4.88 Å². The lowest BCUT2D eigenvalue weighted by Gasteiger charge is -2.33. The molecule has 4 nitrogen and oxygen atoms in total. The molecule has 5 heteroatoms. The Hall–Kier alpha value is -2.14. The van der Waals surface area contributed by atoms with Crippen LogP contribution in [0.15, 0.2) is 30.3 Å². The molecule has 1 atom stereocenters.